The molecule has 5 nitrogen and oxygen atoms in total. The number of carbonyl (C=O) groups excluding carboxylic acids is 1. The van der Waals surface area contributed by atoms with Crippen LogP contribution < -0.4 is 0 Å². The number of hydrogen-bond acceptors (Lipinski definition) is 4. The molecule has 0 atom stereocenters. The number of esters is 1. The van der Waals surface area contributed by atoms with E-state index in [0.29, 0.717) is 17.9 Å². The lowest BCUT2D eigenvalue weighted by Crippen LogP contribution is -2.07. The summed E-state index contributed by atoms with van der Waals surface area (Å²) in [6, 6.07) is 11.6. The third-order valence-electron chi connectivity index (χ3n) is 5.38. The molecule has 3 aromatic rings. The van der Waals surface area contributed by atoms with E-state index in [9.17, 15) is 4.79 Å². The topological polar surface area (TPSA) is 78.8 Å². The molecular formula is C24H22ClN3O2. The molecule has 152 valence electrons. The van der Waals surface area contributed by atoms with Gasteiger partial charge in [0.2, 0.25) is 0 Å². The molecule has 1 saturated carbocycles. The maximum atomic E-state index is 12.2. The molecule has 0 radical (unpaired) electrons. The first-order valence-corrected chi connectivity index (χ1v) is 10.4. The van der Waals surface area contributed by atoms with Crippen molar-refractivity contribution in [2.45, 2.75) is 39.0 Å². The standard InChI is InChI=1S/C24H22ClN3O2/c1-3-30-24(29)20-11-16(13-27-23(20)25)10-19-21(14(2)28-22(19)18-8-9-18)17-6-4-15(12-26)5-7-17/h4-7,11,13,18,28H,3,8-10H2,1-2H3. The fourth-order valence-electron chi connectivity index (χ4n) is 3.85. The Bertz CT molecular complexity index is 1140. The molecule has 1 aromatic carbocycles. The fourth-order valence-corrected chi connectivity index (χ4v) is 4.03. The van der Waals surface area contributed by atoms with Crippen LogP contribution in [0.15, 0.2) is 36.5 Å². The molecular weight excluding hydrogens is 398 g/mol. The number of ether oxygens (including phenoxy) is 1. The number of halogens is 1. The van der Waals surface area contributed by atoms with Crippen LogP contribution in [-0.2, 0) is 11.2 Å². The number of aryl methyl sites for hydroxylation is 1. The normalized spacial score (nSPS) is 13.1. The van der Waals surface area contributed by atoms with Crippen molar-refractivity contribution in [3.8, 4) is 17.2 Å². The predicted octanol–water partition coefficient (Wildman–Crippen LogP) is 5.56. The first-order chi connectivity index (χ1) is 14.5. The van der Waals surface area contributed by atoms with Crippen molar-refractivity contribution in [1.82, 2.24) is 9.97 Å². The average Bonchev–Trinajstić information content (AvgIpc) is 3.54. The van der Waals surface area contributed by atoms with Gasteiger partial charge in [0.1, 0.15) is 5.15 Å². The Labute approximate surface area is 180 Å². The molecule has 30 heavy (non-hydrogen) atoms. The lowest BCUT2D eigenvalue weighted by atomic mass is 9.94. The van der Waals surface area contributed by atoms with Gasteiger partial charge in [-0.25, -0.2) is 9.78 Å². The van der Waals surface area contributed by atoms with Crippen LogP contribution in [0.1, 0.15) is 64.1 Å². The Morgan fingerprint density at radius 3 is 2.70 bits per heavy atom. The van der Waals surface area contributed by atoms with Crippen molar-refractivity contribution in [3.63, 3.8) is 0 Å². The second-order valence-corrected chi connectivity index (χ2v) is 7.92. The van der Waals surface area contributed by atoms with Gasteiger partial charge in [-0.3, -0.25) is 0 Å². The van der Waals surface area contributed by atoms with Crippen LogP contribution in [0.4, 0.5) is 0 Å². The van der Waals surface area contributed by atoms with Crippen molar-refractivity contribution < 1.29 is 9.53 Å². The average molecular weight is 420 g/mol. The number of pyridine rings is 1. The minimum absolute atomic E-state index is 0.150. The monoisotopic (exact) mass is 419 g/mol. The summed E-state index contributed by atoms with van der Waals surface area (Å²) in [5.41, 5.74) is 7.60. The molecule has 2 heterocycles. The summed E-state index contributed by atoms with van der Waals surface area (Å²) >= 11 is 6.14. The molecule has 0 amide bonds. The van der Waals surface area contributed by atoms with E-state index in [2.05, 4.69) is 23.0 Å². The summed E-state index contributed by atoms with van der Waals surface area (Å²) in [6.07, 6.45) is 4.69. The zero-order valence-corrected chi connectivity index (χ0v) is 17.7. The summed E-state index contributed by atoms with van der Waals surface area (Å²) in [7, 11) is 0. The highest BCUT2D eigenvalue weighted by Crippen LogP contribution is 2.45. The zero-order valence-electron chi connectivity index (χ0n) is 17.0. The second-order valence-electron chi connectivity index (χ2n) is 7.56. The molecule has 1 aliphatic carbocycles. The Morgan fingerprint density at radius 1 is 1.33 bits per heavy atom. The number of aromatic nitrogens is 2. The first kappa shape index (κ1) is 20.2. The van der Waals surface area contributed by atoms with E-state index in [4.69, 9.17) is 21.6 Å². The maximum absolute atomic E-state index is 12.2. The number of nitrogens with zero attached hydrogens (tertiary/aromatic N) is 2. The number of nitrogens with one attached hydrogen (secondary N) is 1. The highest BCUT2D eigenvalue weighted by Gasteiger charge is 2.30. The number of H-pyrrole nitrogens is 1. The molecule has 1 fully saturated rings. The largest absolute Gasteiger partial charge is 0.462 e. The van der Waals surface area contributed by atoms with Crippen LogP contribution in [0.3, 0.4) is 0 Å². The SMILES string of the molecule is CCOC(=O)c1cc(Cc2c(C3CC3)[nH]c(C)c2-c2ccc(C#N)cc2)cnc1Cl. The molecule has 6 heteroatoms. The Kier molecular flexibility index (Phi) is 5.61. The molecule has 0 bridgehead atoms. The van der Waals surface area contributed by atoms with Gasteiger partial charge in [-0.2, -0.15) is 5.26 Å². The van der Waals surface area contributed by atoms with Gasteiger partial charge in [-0.1, -0.05) is 23.7 Å². The van der Waals surface area contributed by atoms with E-state index in [1.54, 1.807) is 19.2 Å². The van der Waals surface area contributed by atoms with Gasteiger partial charge in [-0.05, 0) is 67.5 Å². The minimum atomic E-state index is -0.461. The van der Waals surface area contributed by atoms with E-state index >= 15 is 0 Å². The van der Waals surface area contributed by atoms with Crippen LogP contribution >= 0.6 is 11.6 Å². The molecule has 0 saturated heterocycles. The van der Waals surface area contributed by atoms with Gasteiger partial charge < -0.3 is 9.72 Å². The molecule has 2 aromatic heterocycles. The number of hydrogen-bond donors (Lipinski definition) is 1. The number of benzene rings is 1. The molecule has 1 aliphatic rings. The summed E-state index contributed by atoms with van der Waals surface area (Å²) in [5, 5.41) is 9.26. The van der Waals surface area contributed by atoms with E-state index in [0.717, 1.165) is 22.4 Å². The van der Waals surface area contributed by atoms with E-state index in [1.165, 1.54) is 24.1 Å². The number of nitriles is 1. The Morgan fingerprint density at radius 2 is 2.07 bits per heavy atom. The number of carbonyl (C=O) groups is 1. The third-order valence-corrected chi connectivity index (χ3v) is 5.69. The van der Waals surface area contributed by atoms with Gasteiger partial charge in [-0.15, -0.1) is 0 Å². The highest BCUT2D eigenvalue weighted by molar-refractivity contribution is 6.32. The van der Waals surface area contributed by atoms with Crippen molar-refractivity contribution in [1.29, 1.82) is 5.26 Å². The molecule has 0 spiro atoms. The lowest BCUT2D eigenvalue weighted by Gasteiger charge is -2.11. The van der Waals surface area contributed by atoms with E-state index < -0.39 is 5.97 Å². The quantitative estimate of drug-likeness (QED) is 0.419. The maximum Gasteiger partial charge on any atom is 0.341 e. The molecule has 0 unspecified atom stereocenters. The van der Waals surface area contributed by atoms with Gasteiger partial charge in [0.05, 0.1) is 23.8 Å². The first-order valence-electron chi connectivity index (χ1n) is 10.0. The lowest BCUT2D eigenvalue weighted by molar-refractivity contribution is 0.0526. The predicted molar refractivity (Wildman–Crippen MR) is 116 cm³/mol. The van der Waals surface area contributed by atoms with Crippen LogP contribution in [0.2, 0.25) is 5.15 Å². The smallest absolute Gasteiger partial charge is 0.341 e. The van der Waals surface area contributed by atoms with Crippen molar-refractivity contribution in [3.05, 3.63) is 75.3 Å². The van der Waals surface area contributed by atoms with Crippen LogP contribution in [0.25, 0.3) is 11.1 Å². The van der Waals surface area contributed by atoms with Crippen molar-refractivity contribution in [2.75, 3.05) is 6.61 Å². The van der Waals surface area contributed by atoms with Gasteiger partial charge in [0, 0.05) is 29.6 Å². The van der Waals surface area contributed by atoms with E-state index in [1.807, 2.05) is 24.3 Å². The highest BCUT2D eigenvalue weighted by atomic mass is 35.5. The molecule has 1 N–H and O–H groups in total. The Hall–Kier alpha value is -3.10. The van der Waals surface area contributed by atoms with Crippen molar-refractivity contribution >= 4 is 17.6 Å². The summed E-state index contributed by atoms with van der Waals surface area (Å²) < 4.78 is 5.11. The summed E-state index contributed by atoms with van der Waals surface area (Å²) in [5.74, 6) is 0.0763. The summed E-state index contributed by atoms with van der Waals surface area (Å²) in [4.78, 5) is 20.0. The van der Waals surface area contributed by atoms with Crippen LogP contribution in [-0.4, -0.2) is 22.5 Å². The third kappa shape index (κ3) is 3.96. The van der Waals surface area contributed by atoms with Crippen LogP contribution in [0.5, 0.6) is 0 Å². The summed E-state index contributed by atoms with van der Waals surface area (Å²) in [6.45, 7) is 4.12. The minimum Gasteiger partial charge on any atom is -0.462 e. The Balaban J connectivity index is 1.76. The van der Waals surface area contributed by atoms with Crippen molar-refractivity contribution in [2.24, 2.45) is 0 Å². The zero-order chi connectivity index (χ0) is 21.3. The fraction of sp³-hybridized carbons (Fsp3) is 0.292. The second kappa shape index (κ2) is 8.33. The van der Waals surface area contributed by atoms with Gasteiger partial charge in [0.25, 0.3) is 0 Å². The molecule has 4 rings (SSSR count). The van der Waals surface area contributed by atoms with Crippen LogP contribution in [0, 0.1) is 18.3 Å². The van der Waals surface area contributed by atoms with Gasteiger partial charge in [0.15, 0.2) is 0 Å². The number of aromatic amines is 1. The number of rotatable bonds is 6. The molecule has 0 aliphatic heterocycles. The van der Waals surface area contributed by atoms with Gasteiger partial charge >= 0.3 is 5.97 Å². The van der Waals surface area contributed by atoms with E-state index in [-0.39, 0.29) is 17.3 Å².